The molecule has 488 valence electrons. The van der Waals surface area contributed by atoms with Crippen LogP contribution in [0.1, 0.15) is 284 Å². The molecule has 0 aromatic carbocycles. The van der Waals surface area contributed by atoms with E-state index < -0.39 is 67.4 Å². The van der Waals surface area contributed by atoms with Crippen LogP contribution in [0, 0.1) is 0 Å². The monoisotopic (exact) mass is 1190 g/mol. The summed E-state index contributed by atoms with van der Waals surface area (Å²) >= 11 is 0. The molecule has 1 saturated heterocycles. The molecule has 8 atom stereocenters. The van der Waals surface area contributed by atoms with Crippen LogP contribution in [0.5, 0.6) is 0 Å². The minimum atomic E-state index is -1.63. The number of hydrogen-bond donors (Lipinski definition) is 6. The topological polar surface area (TPSA) is 175 Å². The molecule has 1 heterocycles. The number of nitrogens with one attached hydrogen (secondary N) is 1. The normalized spacial score (nSPS) is 19.1. The van der Waals surface area contributed by atoms with Crippen molar-refractivity contribution in [2.24, 2.45) is 0 Å². The fourth-order valence-electron chi connectivity index (χ4n) is 10.2. The summed E-state index contributed by atoms with van der Waals surface area (Å²) in [6, 6.07) is -1.04. The molecule has 1 aliphatic heterocycles. The molecule has 1 aliphatic rings. The van der Waals surface area contributed by atoms with Crippen LogP contribution < -0.4 is 5.32 Å². The minimum Gasteiger partial charge on any atom is -0.454 e. The van der Waals surface area contributed by atoms with Crippen LogP contribution in [-0.4, -0.2) is 99.6 Å². The van der Waals surface area contributed by atoms with Gasteiger partial charge in [0.25, 0.3) is 0 Å². The van der Waals surface area contributed by atoms with Crippen molar-refractivity contribution >= 4 is 11.9 Å². The van der Waals surface area contributed by atoms with Gasteiger partial charge in [-0.1, -0.05) is 278 Å². The minimum absolute atomic E-state index is 0.104. The average Bonchev–Trinajstić information content (AvgIpc) is 3.59. The molecule has 1 rings (SSSR count). The quantitative estimate of drug-likeness (QED) is 0.0195. The van der Waals surface area contributed by atoms with E-state index in [9.17, 15) is 35.1 Å². The summed E-state index contributed by atoms with van der Waals surface area (Å²) in [5.41, 5.74) is 0. The Morgan fingerprint density at radius 3 is 1.29 bits per heavy atom. The number of rotatable bonds is 58. The number of unbranched alkanes of at least 4 members (excludes halogenated alkanes) is 28. The molecule has 0 aromatic rings. The fraction of sp³-hybridized carbons (Fsp3) is 0.730. The number of aliphatic hydroxyl groups is 5. The molecule has 6 N–H and O–H groups in total. The lowest BCUT2D eigenvalue weighted by Crippen LogP contribution is -2.61. The van der Waals surface area contributed by atoms with Gasteiger partial charge >= 0.3 is 5.97 Å². The van der Waals surface area contributed by atoms with Crippen LogP contribution in [-0.2, 0) is 23.8 Å². The highest BCUT2D eigenvalue weighted by molar-refractivity contribution is 5.80. The third kappa shape index (κ3) is 48.0. The molecular weight excluding hydrogens is 1060 g/mol. The molecular formula is C74H127NO10. The predicted octanol–water partition coefficient (Wildman–Crippen LogP) is 17.6. The predicted molar refractivity (Wildman–Crippen MR) is 356 cm³/mol. The van der Waals surface area contributed by atoms with Crippen molar-refractivity contribution in [3.05, 3.63) is 109 Å². The number of ether oxygens (including phenoxy) is 3. The zero-order chi connectivity index (χ0) is 61.7. The third-order valence-electron chi connectivity index (χ3n) is 15.7. The van der Waals surface area contributed by atoms with Gasteiger partial charge in [-0.3, -0.25) is 9.59 Å². The second kappa shape index (κ2) is 60.6. The van der Waals surface area contributed by atoms with Crippen molar-refractivity contribution in [3.8, 4) is 0 Å². The maximum Gasteiger partial charge on any atom is 0.306 e. The number of amides is 1. The van der Waals surface area contributed by atoms with Crippen LogP contribution in [0.25, 0.3) is 0 Å². The lowest BCUT2D eigenvalue weighted by atomic mass is 9.99. The average molecular weight is 1190 g/mol. The highest BCUT2D eigenvalue weighted by Gasteiger charge is 2.47. The summed E-state index contributed by atoms with van der Waals surface area (Å²) in [5, 5.41) is 57.2. The van der Waals surface area contributed by atoms with E-state index in [4.69, 9.17) is 14.2 Å². The van der Waals surface area contributed by atoms with Crippen molar-refractivity contribution in [1.29, 1.82) is 0 Å². The standard InChI is InChI=1S/C74H127NO10/c1-4-7-10-13-16-19-22-24-26-28-30-31-32-33-34-35-36-38-39-41-43-46-49-52-55-58-61-67(78)73(82)75-65(66(77)60-57-54-51-48-45-21-18-15-12-9-6-3)64-83-74-72(71(81)70(80)68(63-76)84-74)85-69(79)62-59-56-53-50-47-44-42-40-37-29-27-25-23-20-17-14-11-8-5-2/h7,10,16-17,19-20,24-27,30-31,33-34,37,40,57,60,65-68,70-72,74,76-78,80-81H,4-6,8-9,11-15,18,21-23,28-29,32,35-36,38-39,41-56,58-59,61-64H2,1-3H3,(H,75,82)/b10-7-,19-16-,20-17-,26-24-,27-25-,31-30-,34-33-,40-37-,60-57+. The molecule has 0 aromatic heterocycles. The molecule has 11 nitrogen and oxygen atoms in total. The Balaban J connectivity index is 2.58. The second-order valence-corrected chi connectivity index (χ2v) is 23.5. The van der Waals surface area contributed by atoms with E-state index in [1.807, 2.05) is 6.08 Å². The third-order valence-corrected chi connectivity index (χ3v) is 15.7. The van der Waals surface area contributed by atoms with Gasteiger partial charge in [-0.15, -0.1) is 0 Å². The smallest absolute Gasteiger partial charge is 0.306 e. The first-order valence-electron chi connectivity index (χ1n) is 34.7. The van der Waals surface area contributed by atoms with Crippen molar-refractivity contribution in [2.75, 3.05) is 13.2 Å². The largest absolute Gasteiger partial charge is 0.454 e. The Labute approximate surface area is 519 Å². The Morgan fingerprint density at radius 1 is 0.471 bits per heavy atom. The summed E-state index contributed by atoms with van der Waals surface area (Å²) in [4.78, 5) is 26.6. The number of carbonyl (C=O) groups excluding carboxylic acids is 2. The first-order valence-corrected chi connectivity index (χ1v) is 34.7. The summed E-state index contributed by atoms with van der Waals surface area (Å²) in [5.74, 6) is -1.21. The van der Waals surface area contributed by atoms with Crippen molar-refractivity contribution in [3.63, 3.8) is 0 Å². The number of aliphatic hydroxyl groups excluding tert-OH is 5. The van der Waals surface area contributed by atoms with E-state index in [0.717, 1.165) is 128 Å². The lowest BCUT2D eigenvalue weighted by Gasteiger charge is -2.41. The SMILES string of the molecule is CC/C=C\C/C=C\C/C=C\C/C=C\C/C=C\CCCCCCCCCCCCC(O)C(=O)NC(COC1OC(CO)C(O)C(O)C1OC(=O)CCCCCCCC/C=C\C/C=C\C/C=C\CCCCC)C(O)/C=C/CCCCCCCCCCC. The van der Waals surface area contributed by atoms with Crippen molar-refractivity contribution in [1.82, 2.24) is 5.32 Å². The first kappa shape index (κ1) is 79.3. The molecule has 1 amide bonds. The summed E-state index contributed by atoms with van der Waals surface area (Å²) < 4.78 is 17.7. The van der Waals surface area contributed by atoms with E-state index in [2.05, 4.69) is 123 Å². The maximum atomic E-state index is 13.5. The number of esters is 1. The Hall–Kier alpha value is -3.68. The molecule has 0 aliphatic carbocycles. The van der Waals surface area contributed by atoms with E-state index in [0.29, 0.717) is 12.8 Å². The van der Waals surface area contributed by atoms with Crippen LogP contribution in [0.15, 0.2) is 109 Å². The number of allylic oxidation sites excluding steroid dienone is 17. The van der Waals surface area contributed by atoms with E-state index in [-0.39, 0.29) is 19.4 Å². The van der Waals surface area contributed by atoms with Crippen LogP contribution in [0.4, 0.5) is 0 Å². The maximum absolute atomic E-state index is 13.5. The van der Waals surface area contributed by atoms with Gasteiger partial charge in [0.1, 0.15) is 24.4 Å². The Bertz CT molecular complexity index is 1800. The van der Waals surface area contributed by atoms with Gasteiger partial charge < -0.3 is 45.1 Å². The van der Waals surface area contributed by atoms with Gasteiger partial charge in [-0.25, -0.2) is 0 Å². The van der Waals surface area contributed by atoms with E-state index in [1.165, 1.54) is 109 Å². The first-order chi connectivity index (χ1) is 41.7. The van der Waals surface area contributed by atoms with Crippen LogP contribution >= 0.6 is 0 Å². The zero-order valence-corrected chi connectivity index (χ0v) is 54.2. The van der Waals surface area contributed by atoms with Crippen molar-refractivity contribution < 1.29 is 49.3 Å². The van der Waals surface area contributed by atoms with Gasteiger partial charge in [0, 0.05) is 6.42 Å². The van der Waals surface area contributed by atoms with Gasteiger partial charge in [-0.05, 0) is 109 Å². The molecule has 0 bridgehead atoms. The second-order valence-electron chi connectivity index (χ2n) is 23.5. The highest BCUT2D eigenvalue weighted by atomic mass is 16.7. The summed E-state index contributed by atoms with van der Waals surface area (Å²) in [6.45, 7) is 5.64. The van der Waals surface area contributed by atoms with Crippen LogP contribution in [0.3, 0.4) is 0 Å². The van der Waals surface area contributed by atoms with E-state index in [1.54, 1.807) is 6.08 Å². The molecule has 8 unspecified atom stereocenters. The molecule has 1 fully saturated rings. The number of hydrogen-bond acceptors (Lipinski definition) is 10. The molecule has 0 spiro atoms. The molecule has 11 heteroatoms. The molecule has 0 saturated carbocycles. The molecule has 0 radical (unpaired) electrons. The Kier molecular flexibility index (Phi) is 56.6. The lowest BCUT2D eigenvalue weighted by molar-refractivity contribution is -0.305. The number of carbonyl (C=O) groups is 2. The zero-order valence-electron chi connectivity index (χ0n) is 54.2. The van der Waals surface area contributed by atoms with Crippen LogP contribution in [0.2, 0.25) is 0 Å². The Morgan fingerprint density at radius 2 is 0.847 bits per heavy atom. The van der Waals surface area contributed by atoms with Gasteiger partial charge in [-0.2, -0.15) is 0 Å². The van der Waals surface area contributed by atoms with Gasteiger partial charge in [0.05, 0.1) is 25.4 Å². The van der Waals surface area contributed by atoms with E-state index >= 15 is 0 Å². The summed E-state index contributed by atoms with van der Waals surface area (Å²) in [7, 11) is 0. The van der Waals surface area contributed by atoms with Gasteiger partial charge in [0.15, 0.2) is 12.4 Å². The molecule has 85 heavy (non-hydrogen) atoms. The summed E-state index contributed by atoms with van der Waals surface area (Å²) in [6.07, 6.45) is 72.6. The van der Waals surface area contributed by atoms with Crippen molar-refractivity contribution in [2.45, 2.75) is 333 Å². The highest BCUT2D eigenvalue weighted by Crippen LogP contribution is 2.26. The fourth-order valence-corrected chi connectivity index (χ4v) is 10.2. The van der Waals surface area contributed by atoms with Gasteiger partial charge in [0.2, 0.25) is 5.91 Å².